The van der Waals surface area contributed by atoms with Crippen LogP contribution >= 0.6 is 0 Å². The first-order chi connectivity index (χ1) is 9.84. The van der Waals surface area contributed by atoms with E-state index in [9.17, 15) is 0 Å². The lowest BCUT2D eigenvalue weighted by molar-refractivity contribution is 0.116. The van der Waals surface area contributed by atoms with Crippen LogP contribution in [0.4, 0.5) is 0 Å². The van der Waals surface area contributed by atoms with Gasteiger partial charge in [0, 0.05) is 18.8 Å². The van der Waals surface area contributed by atoms with Gasteiger partial charge in [-0.15, -0.1) is 0 Å². The van der Waals surface area contributed by atoms with Gasteiger partial charge < -0.3 is 10.1 Å². The van der Waals surface area contributed by atoms with E-state index in [1.807, 2.05) is 31.2 Å². The number of rotatable bonds is 8. The fourth-order valence-corrected chi connectivity index (χ4v) is 1.98. The summed E-state index contributed by atoms with van der Waals surface area (Å²) in [6.45, 7) is 5.24. The SMILES string of the molecule is Cc1cccc(COCCCNCc2ccccc2)n1. The molecule has 0 aliphatic heterocycles. The van der Waals surface area contributed by atoms with Crippen molar-refractivity contribution in [3.63, 3.8) is 0 Å². The van der Waals surface area contributed by atoms with Crippen LogP contribution in [0.15, 0.2) is 48.5 Å². The van der Waals surface area contributed by atoms with Crippen molar-refractivity contribution in [3.05, 3.63) is 65.5 Å². The Hall–Kier alpha value is -1.71. The lowest BCUT2D eigenvalue weighted by atomic mass is 10.2. The molecule has 0 fully saturated rings. The lowest BCUT2D eigenvalue weighted by Crippen LogP contribution is -2.16. The van der Waals surface area contributed by atoms with Crippen molar-refractivity contribution in [3.8, 4) is 0 Å². The zero-order valence-corrected chi connectivity index (χ0v) is 12.0. The van der Waals surface area contributed by atoms with Crippen LogP contribution < -0.4 is 5.32 Å². The minimum Gasteiger partial charge on any atom is -0.375 e. The fraction of sp³-hybridized carbons (Fsp3) is 0.353. The highest BCUT2D eigenvalue weighted by Gasteiger charge is 1.96. The number of hydrogen-bond acceptors (Lipinski definition) is 3. The predicted molar refractivity (Wildman–Crippen MR) is 81.4 cm³/mol. The molecular weight excluding hydrogens is 248 g/mol. The van der Waals surface area contributed by atoms with Gasteiger partial charge in [-0.1, -0.05) is 36.4 Å². The maximum absolute atomic E-state index is 5.62. The number of nitrogens with zero attached hydrogens (tertiary/aromatic N) is 1. The Morgan fingerprint density at radius 2 is 1.90 bits per heavy atom. The van der Waals surface area contributed by atoms with Crippen LogP contribution in [-0.4, -0.2) is 18.1 Å². The van der Waals surface area contributed by atoms with E-state index in [1.165, 1.54) is 5.56 Å². The third kappa shape index (κ3) is 5.51. The highest BCUT2D eigenvalue weighted by Crippen LogP contribution is 2.00. The van der Waals surface area contributed by atoms with Crippen molar-refractivity contribution >= 4 is 0 Å². The molecule has 0 spiro atoms. The molecule has 3 nitrogen and oxygen atoms in total. The fourth-order valence-electron chi connectivity index (χ4n) is 1.98. The number of nitrogens with one attached hydrogen (secondary N) is 1. The van der Waals surface area contributed by atoms with E-state index in [2.05, 4.69) is 34.6 Å². The van der Waals surface area contributed by atoms with Gasteiger partial charge in [-0.25, -0.2) is 0 Å². The number of pyridine rings is 1. The molecule has 1 aromatic carbocycles. The van der Waals surface area contributed by atoms with Crippen molar-refractivity contribution in [1.29, 1.82) is 0 Å². The molecule has 0 unspecified atom stereocenters. The van der Waals surface area contributed by atoms with Gasteiger partial charge in [0.1, 0.15) is 0 Å². The molecule has 0 radical (unpaired) electrons. The van der Waals surface area contributed by atoms with Gasteiger partial charge in [0.25, 0.3) is 0 Å². The van der Waals surface area contributed by atoms with Crippen LogP contribution in [0.25, 0.3) is 0 Å². The van der Waals surface area contributed by atoms with E-state index in [0.29, 0.717) is 6.61 Å². The van der Waals surface area contributed by atoms with Crippen molar-refractivity contribution in [1.82, 2.24) is 10.3 Å². The van der Waals surface area contributed by atoms with Crippen molar-refractivity contribution in [2.75, 3.05) is 13.2 Å². The highest BCUT2D eigenvalue weighted by atomic mass is 16.5. The molecule has 106 valence electrons. The van der Waals surface area contributed by atoms with Crippen LogP contribution in [0.5, 0.6) is 0 Å². The maximum atomic E-state index is 5.62. The van der Waals surface area contributed by atoms with Gasteiger partial charge >= 0.3 is 0 Å². The molecule has 1 N–H and O–H groups in total. The van der Waals surface area contributed by atoms with Crippen LogP contribution in [-0.2, 0) is 17.9 Å². The standard InChI is InChI=1S/C17H22N2O/c1-15-7-5-10-17(19-15)14-20-12-6-11-18-13-16-8-3-2-4-9-16/h2-5,7-10,18H,6,11-14H2,1H3. The van der Waals surface area contributed by atoms with Crippen LogP contribution in [0, 0.1) is 6.92 Å². The van der Waals surface area contributed by atoms with Crippen LogP contribution in [0.1, 0.15) is 23.4 Å². The molecule has 20 heavy (non-hydrogen) atoms. The molecule has 0 saturated carbocycles. The monoisotopic (exact) mass is 270 g/mol. The van der Waals surface area contributed by atoms with E-state index in [1.54, 1.807) is 0 Å². The number of benzene rings is 1. The van der Waals surface area contributed by atoms with Gasteiger partial charge in [0.15, 0.2) is 0 Å². The first-order valence-electron chi connectivity index (χ1n) is 7.09. The number of aryl methyl sites for hydroxylation is 1. The summed E-state index contributed by atoms with van der Waals surface area (Å²) in [5.41, 5.74) is 3.36. The Morgan fingerprint density at radius 1 is 1.05 bits per heavy atom. The minimum absolute atomic E-state index is 0.598. The van der Waals surface area contributed by atoms with E-state index in [0.717, 1.165) is 37.5 Å². The van der Waals surface area contributed by atoms with Gasteiger partial charge in [0.05, 0.1) is 12.3 Å². The van der Waals surface area contributed by atoms with Crippen LogP contribution in [0.2, 0.25) is 0 Å². The molecular formula is C17H22N2O. The average Bonchev–Trinajstić information content (AvgIpc) is 2.47. The summed E-state index contributed by atoms with van der Waals surface area (Å²) in [5.74, 6) is 0. The second kappa shape index (κ2) is 8.46. The molecule has 0 bridgehead atoms. The van der Waals surface area contributed by atoms with E-state index in [-0.39, 0.29) is 0 Å². The smallest absolute Gasteiger partial charge is 0.0887 e. The lowest BCUT2D eigenvalue weighted by Gasteiger charge is -2.06. The summed E-state index contributed by atoms with van der Waals surface area (Å²) in [6, 6.07) is 16.4. The second-order valence-electron chi connectivity index (χ2n) is 4.84. The number of hydrogen-bond donors (Lipinski definition) is 1. The van der Waals surface area contributed by atoms with Gasteiger partial charge in [-0.05, 0) is 37.6 Å². The Kier molecular flexibility index (Phi) is 6.21. The molecule has 0 aliphatic carbocycles. The quantitative estimate of drug-likeness (QED) is 0.748. The molecule has 0 amide bonds. The number of ether oxygens (including phenoxy) is 1. The maximum Gasteiger partial charge on any atom is 0.0887 e. The van der Waals surface area contributed by atoms with Crippen molar-refractivity contribution in [2.24, 2.45) is 0 Å². The van der Waals surface area contributed by atoms with Crippen LogP contribution in [0.3, 0.4) is 0 Å². The molecule has 2 aromatic rings. The zero-order valence-electron chi connectivity index (χ0n) is 12.0. The minimum atomic E-state index is 0.598. The number of aromatic nitrogens is 1. The van der Waals surface area contributed by atoms with Crippen molar-refractivity contribution in [2.45, 2.75) is 26.5 Å². The molecule has 1 aromatic heterocycles. The molecule has 0 aliphatic rings. The van der Waals surface area contributed by atoms with Gasteiger partial charge in [-0.3, -0.25) is 4.98 Å². The van der Waals surface area contributed by atoms with Crippen molar-refractivity contribution < 1.29 is 4.74 Å². The van der Waals surface area contributed by atoms with E-state index in [4.69, 9.17) is 4.74 Å². The first kappa shape index (κ1) is 14.7. The van der Waals surface area contributed by atoms with E-state index >= 15 is 0 Å². The Balaban J connectivity index is 1.52. The van der Waals surface area contributed by atoms with E-state index < -0.39 is 0 Å². The zero-order chi connectivity index (χ0) is 14.0. The largest absolute Gasteiger partial charge is 0.375 e. The second-order valence-corrected chi connectivity index (χ2v) is 4.84. The summed E-state index contributed by atoms with van der Waals surface area (Å²) in [6.07, 6.45) is 1.01. The molecule has 3 heteroatoms. The van der Waals surface area contributed by atoms with Gasteiger partial charge in [0.2, 0.25) is 0 Å². The normalized spacial score (nSPS) is 10.7. The molecule has 1 heterocycles. The molecule has 2 rings (SSSR count). The summed E-state index contributed by atoms with van der Waals surface area (Å²) in [4.78, 5) is 4.41. The molecule has 0 saturated heterocycles. The third-order valence-corrected chi connectivity index (χ3v) is 3.01. The summed E-state index contributed by atoms with van der Waals surface area (Å²) in [5, 5.41) is 3.41. The summed E-state index contributed by atoms with van der Waals surface area (Å²) in [7, 11) is 0. The third-order valence-electron chi connectivity index (χ3n) is 3.01. The first-order valence-corrected chi connectivity index (χ1v) is 7.09. The average molecular weight is 270 g/mol. The summed E-state index contributed by atoms with van der Waals surface area (Å²) < 4.78 is 5.62. The Labute approximate surface area is 121 Å². The topological polar surface area (TPSA) is 34.1 Å². The Bertz CT molecular complexity index is 499. The Morgan fingerprint density at radius 3 is 2.70 bits per heavy atom. The predicted octanol–water partition coefficient (Wildman–Crippen LogP) is 3.09. The summed E-state index contributed by atoms with van der Waals surface area (Å²) >= 11 is 0. The molecule has 0 atom stereocenters. The van der Waals surface area contributed by atoms with Gasteiger partial charge in [-0.2, -0.15) is 0 Å². The highest BCUT2D eigenvalue weighted by molar-refractivity contribution is 5.14.